The normalized spacial score (nSPS) is 11.6. The summed E-state index contributed by atoms with van der Waals surface area (Å²) in [6.07, 6.45) is -3.72. The molecular weight excluding hydrogens is 429 g/mol. The first kappa shape index (κ1) is 22.7. The smallest absolute Gasteiger partial charge is 0.333 e. The van der Waals surface area contributed by atoms with Gasteiger partial charge in [-0.3, -0.25) is 9.59 Å². The Hall–Kier alpha value is -3.01. The summed E-state index contributed by atoms with van der Waals surface area (Å²) in [6.45, 7) is 5.26. The van der Waals surface area contributed by atoms with E-state index >= 15 is 0 Å². The molecule has 3 rings (SSSR count). The van der Waals surface area contributed by atoms with Crippen molar-refractivity contribution in [3.63, 3.8) is 0 Å². The van der Waals surface area contributed by atoms with E-state index in [0.717, 1.165) is 23.6 Å². The van der Waals surface area contributed by atoms with Crippen LogP contribution < -0.4 is 0 Å². The maximum Gasteiger partial charge on any atom is 0.416 e. The number of hydrogen-bond acceptors (Lipinski definition) is 5. The summed E-state index contributed by atoms with van der Waals surface area (Å²) in [5.41, 5.74) is 0.676. The second-order valence-electron chi connectivity index (χ2n) is 7.08. The Kier molecular flexibility index (Phi) is 6.30. The lowest BCUT2D eigenvalue weighted by Crippen LogP contribution is -2.33. The van der Waals surface area contributed by atoms with Crippen molar-refractivity contribution in [1.82, 2.24) is 19.7 Å². The number of rotatable bonds is 6. The molecule has 3 aromatic rings. The van der Waals surface area contributed by atoms with Gasteiger partial charge in [-0.15, -0.1) is 11.3 Å². The summed E-state index contributed by atoms with van der Waals surface area (Å²) in [5.74, 6) is -1.50. The summed E-state index contributed by atoms with van der Waals surface area (Å²) in [6, 6.07) is 4.65. The fraction of sp³-hybridized carbons (Fsp3) is 0.333. The Labute approximate surface area is 181 Å². The van der Waals surface area contributed by atoms with E-state index in [0.29, 0.717) is 11.4 Å². The molecule has 0 spiro atoms. The number of carbonyl (C=O) groups is 2. The molecule has 31 heavy (non-hydrogen) atoms. The number of Topliss-reactive ketones (excluding diaryl/α,β-unsaturated/α-hetero) is 1. The van der Waals surface area contributed by atoms with Crippen LogP contribution in [-0.2, 0) is 23.9 Å². The van der Waals surface area contributed by atoms with E-state index in [1.807, 2.05) is 12.3 Å². The lowest BCUT2D eigenvalue weighted by Gasteiger charge is -2.15. The lowest BCUT2D eigenvalue weighted by molar-refractivity contribution is -0.137. The average Bonchev–Trinajstić information content (AvgIpc) is 3.29. The molecule has 2 heterocycles. The summed E-state index contributed by atoms with van der Waals surface area (Å²) >= 11 is 1.49. The molecule has 0 aliphatic carbocycles. The molecule has 6 nitrogen and oxygen atoms in total. The number of carbonyl (C=O) groups excluding carboxylic acids is 2. The zero-order valence-corrected chi connectivity index (χ0v) is 18.3. The molecule has 0 radical (unpaired) electrons. The fourth-order valence-corrected chi connectivity index (χ4v) is 3.95. The number of aryl methyl sites for hydroxylation is 2. The molecule has 0 atom stereocenters. The van der Waals surface area contributed by atoms with Crippen molar-refractivity contribution >= 4 is 23.0 Å². The van der Waals surface area contributed by atoms with Crippen molar-refractivity contribution < 1.29 is 22.8 Å². The molecule has 0 aliphatic rings. The van der Waals surface area contributed by atoms with Crippen molar-refractivity contribution in [1.29, 1.82) is 0 Å². The van der Waals surface area contributed by atoms with Gasteiger partial charge in [0.05, 0.1) is 45.4 Å². The van der Waals surface area contributed by atoms with Gasteiger partial charge in [0.2, 0.25) is 0 Å². The van der Waals surface area contributed by atoms with E-state index in [4.69, 9.17) is 0 Å². The Morgan fingerprint density at radius 2 is 1.94 bits per heavy atom. The molecule has 1 amide bonds. The predicted octanol–water partition coefficient (Wildman–Crippen LogP) is 4.37. The molecule has 0 fully saturated rings. The summed E-state index contributed by atoms with van der Waals surface area (Å²) in [4.78, 5) is 31.3. The highest BCUT2D eigenvalue weighted by Crippen LogP contribution is 2.31. The molecule has 0 bridgehead atoms. The lowest BCUT2D eigenvalue weighted by atomic mass is 10.1. The first-order valence-electron chi connectivity index (χ1n) is 9.49. The zero-order valence-electron chi connectivity index (χ0n) is 17.4. The van der Waals surface area contributed by atoms with Gasteiger partial charge in [0.25, 0.3) is 11.7 Å². The molecule has 10 heteroatoms. The number of benzene rings is 1. The van der Waals surface area contributed by atoms with Crippen LogP contribution in [0.5, 0.6) is 0 Å². The van der Waals surface area contributed by atoms with Crippen molar-refractivity contribution in [3.8, 4) is 5.69 Å². The van der Waals surface area contributed by atoms with Crippen LogP contribution in [0.1, 0.15) is 44.9 Å². The highest BCUT2D eigenvalue weighted by atomic mass is 32.1. The van der Waals surface area contributed by atoms with E-state index in [-0.39, 0.29) is 23.5 Å². The third-order valence-electron chi connectivity index (χ3n) is 4.78. The summed E-state index contributed by atoms with van der Waals surface area (Å²) < 4.78 is 40.4. The van der Waals surface area contributed by atoms with E-state index in [1.165, 1.54) is 40.1 Å². The minimum Gasteiger partial charge on any atom is -0.333 e. The Morgan fingerprint density at radius 3 is 2.55 bits per heavy atom. The number of alkyl halides is 3. The van der Waals surface area contributed by atoms with Crippen molar-refractivity contribution in [2.24, 2.45) is 0 Å². The molecule has 0 unspecified atom stereocenters. The van der Waals surface area contributed by atoms with Crippen LogP contribution in [0.2, 0.25) is 0 Å². The molecule has 164 valence electrons. The molecule has 1 aromatic carbocycles. The topological polar surface area (TPSA) is 68.1 Å². The Morgan fingerprint density at radius 1 is 1.23 bits per heavy atom. The van der Waals surface area contributed by atoms with Crippen molar-refractivity contribution in [2.75, 3.05) is 7.05 Å². The van der Waals surface area contributed by atoms with E-state index in [9.17, 15) is 22.8 Å². The molecule has 0 N–H and O–H groups in total. The Bertz CT molecular complexity index is 1130. The molecule has 0 saturated heterocycles. The third-order valence-corrected chi connectivity index (χ3v) is 5.82. The van der Waals surface area contributed by atoms with Gasteiger partial charge in [0.15, 0.2) is 0 Å². The van der Waals surface area contributed by atoms with Crippen molar-refractivity contribution in [2.45, 2.75) is 39.9 Å². The van der Waals surface area contributed by atoms with E-state index in [2.05, 4.69) is 10.1 Å². The van der Waals surface area contributed by atoms with Gasteiger partial charge in [-0.25, -0.2) is 9.67 Å². The number of amides is 1. The number of nitrogens with zero attached hydrogens (tertiary/aromatic N) is 4. The number of aromatic nitrogens is 3. The van der Waals surface area contributed by atoms with Crippen LogP contribution >= 0.6 is 11.3 Å². The first-order valence-corrected chi connectivity index (χ1v) is 10.4. The summed E-state index contributed by atoms with van der Waals surface area (Å²) in [5, 5.41) is 7.00. The highest BCUT2D eigenvalue weighted by Gasteiger charge is 2.32. The number of thiazole rings is 1. The minimum absolute atomic E-state index is 0.0850. The van der Waals surface area contributed by atoms with Gasteiger partial charge >= 0.3 is 6.18 Å². The molecule has 2 aromatic heterocycles. The molecule has 0 aliphatic heterocycles. The number of likely N-dealkylation sites (N-methyl/N-ethyl adjacent to an activating group) is 1. The number of ketones is 1. The fourth-order valence-electron chi connectivity index (χ4n) is 3.22. The maximum atomic E-state index is 13.1. The Balaban J connectivity index is 1.87. The van der Waals surface area contributed by atoms with Crippen LogP contribution in [0.4, 0.5) is 13.2 Å². The largest absolute Gasteiger partial charge is 0.416 e. The highest BCUT2D eigenvalue weighted by molar-refractivity contribution is 7.09. The van der Waals surface area contributed by atoms with Crippen LogP contribution in [-0.4, -0.2) is 38.4 Å². The van der Waals surface area contributed by atoms with E-state index < -0.39 is 23.4 Å². The van der Waals surface area contributed by atoms with Crippen molar-refractivity contribution in [3.05, 3.63) is 62.9 Å². The quantitative estimate of drug-likeness (QED) is 0.413. The first-order chi connectivity index (χ1) is 14.5. The van der Waals surface area contributed by atoms with Crippen LogP contribution in [0.25, 0.3) is 5.69 Å². The minimum atomic E-state index is -4.50. The van der Waals surface area contributed by atoms with Gasteiger partial charge in [0.1, 0.15) is 0 Å². The van der Waals surface area contributed by atoms with Gasteiger partial charge < -0.3 is 4.90 Å². The maximum absolute atomic E-state index is 13.1. The van der Waals surface area contributed by atoms with E-state index in [1.54, 1.807) is 13.8 Å². The van der Waals surface area contributed by atoms with Gasteiger partial charge in [-0.2, -0.15) is 18.3 Å². The van der Waals surface area contributed by atoms with Crippen LogP contribution in [0.15, 0.2) is 29.6 Å². The van der Waals surface area contributed by atoms with Gasteiger partial charge in [-0.1, -0.05) is 13.0 Å². The third kappa shape index (κ3) is 4.68. The average molecular weight is 450 g/mol. The summed E-state index contributed by atoms with van der Waals surface area (Å²) in [7, 11) is 1.51. The molecular formula is C21H21F3N4O2S. The van der Waals surface area contributed by atoms with Gasteiger partial charge in [0, 0.05) is 12.4 Å². The number of hydrogen-bond donors (Lipinski definition) is 0. The number of halogens is 3. The second-order valence-corrected chi connectivity index (χ2v) is 8.02. The monoisotopic (exact) mass is 450 g/mol. The standard InChI is InChI=1S/C21H21F3N4O2S/c1-5-17-25-15(11-31-17)10-27(4)20(30)19(29)18-12(2)26-28(13(18)3)16-8-6-7-14(9-16)21(22,23)24/h6-9,11H,5,10H2,1-4H3. The predicted molar refractivity (Wildman–Crippen MR) is 110 cm³/mol. The molecule has 0 saturated carbocycles. The SMILES string of the molecule is CCc1nc(CN(C)C(=O)C(=O)c2c(C)nn(-c3cccc(C(F)(F)F)c3)c2C)cs1. The van der Waals surface area contributed by atoms with Gasteiger partial charge in [-0.05, 0) is 38.5 Å². The zero-order chi connectivity index (χ0) is 22.9. The van der Waals surface area contributed by atoms with Crippen LogP contribution in [0.3, 0.4) is 0 Å². The van der Waals surface area contributed by atoms with Crippen LogP contribution in [0, 0.1) is 13.8 Å². The second kappa shape index (κ2) is 8.62.